The average Bonchev–Trinajstić information content (AvgIpc) is 2.80. The number of rotatable bonds is 0. The Morgan fingerprint density at radius 1 is 0.667 bits per heavy atom. The maximum absolute atomic E-state index is 2.63. The van der Waals surface area contributed by atoms with Gasteiger partial charge in [0.15, 0.2) is 0 Å². The van der Waals surface area contributed by atoms with Gasteiger partial charge < -0.3 is 0 Å². The van der Waals surface area contributed by atoms with Gasteiger partial charge in [0, 0.05) is 0 Å². The molecule has 0 aliphatic heterocycles. The van der Waals surface area contributed by atoms with Gasteiger partial charge in [-0.15, -0.1) is 0 Å². The minimum atomic E-state index is 0.767. The highest BCUT2D eigenvalue weighted by Crippen LogP contribution is 2.62. The Bertz CT molecular complexity index is 320. The SMILES string of the molecule is C[C@]12CCC[C@H]1[C@@H]1CCC3CCCC[C@@H]3[C@H]1CC2. The van der Waals surface area contributed by atoms with Crippen LogP contribution in [0.1, 0.15) is 77.6 Å². The van der Waals surface area contributed by atoms with Crippen LogP contribution in [0.2, 0.25) is 0 Å². The zero-order valence-electron chi connectivity index (χ0n) is 12.2. The van der Waals surface area contributed by atoms with Crippen LogP contribution in [0, 0.1) is 35.0 Å². The fourth-order valence-corrected chi connectivity index (χ4v) is 6.82. The van der Waals surface area contributed by atoms with E-state index in [4.69, 9.17) is 0 Å². The van der Waals surface area contributed by atoms with E-state index >= 15 is 0 Å². The van der Waals surface area contributed by atoms with Crippen LogP contribution < -0.4 is 0 Å². The second kappa shape index (κ2) is 4.25. The van der Waals surface area contributed by atoms with Gasteiger partial charge >= 0.3 is 0 Å². The molecule has 0 saturated heterocycles. The zero-order chi connectivity index (χ0) is 12.2. The van der Waals surface area contributed by atoms with Gasteiger partial charge in [0.05, 0.1) is 0 Å². The van der Waals surface area contributed by atoms with Crippen molar-refractivity contribution >= 4 is 0 Å². The van der Waals surface area contributed by atoms with Crippen molar-refractivity contribution < 1.29 is 0 Å². The summed E-state index contributed by atoms with van der Waals surface area (Å²) in [5.41, 5.74) is 0.767. The number of fused-ring (bicyclic) bond motifs is 5. The topological polar surface area (TPSA) is 0 Å². The second-order valence-electron chi connectivity index (χ2n) is 8.30. The lowest BCUT2D eigenvalue weighted by atomic mass is 9.51. The first-order valence-corrected chi connectivity index (χ1v) is 8.78. The molecule has 4 rings (SSSR count). The summed E-state index contributed by atoms with van der Waals surface area (Å²) < 4.78 is 0. The van der Waals surface area contributed by atoms with Crippen LogP contribution in [0.4, 0.5) is 0 Å². The molecule has 18 heavy (non-hydrogen) atoms. The minimum absolute atomic E-state index is 0.767. The van der Waals surface area contributed by atoms with Crippen molar-refractivity contribution in [1.29, 1.82) is 0 Å². The molecule has 1 unspecified atom stereocenters. The molecule has 4 fully saturated rings. The summed E-state index contributed by atoms with van der Waals surface area (Å²) in [6.45, 7) is 2.63. The molecule has 0 heteroatoms. The summed E-state index contributed by atoms with van der Waals surface area (Å²) in [7, 11) is 0. The molecular formula is C18H30. The van der Waals surface area contributed by atoms with Crippen LogP contribution in [0.5, 0.6) is 0 Å². The standard InChI is InChI=1S/C18H30/c1-18-11-4-7-17(18)16-9-8-13-5-2-3-6-14(13)15(16)10-12-18/h13-17H,2-12H2,1H3/t13?,14-,15+,16+,17-,18+/m0/s1. The van der Waals surface area contributed by atoms with E-state index in [1.54, 1.807) is 70.6 Å². The van der Waals surface area contributed by atoms with Gasteiger partial charge in [0.1, 0.15) is 0 Å². The van der Waals surface area contributed by atoms with Crippen molar-refractivity contribution in [3.63, 3.8) is 0 Å². The molecule has 4 aliphatic carbocycles. The fraction of sp³-hybridized carbons (Fsp3) is 1.00. The zero-order valence-corrected chi connectivity index (χ0v) is 12.2. The van der Waals surface area contributed by atoms with Crippen LogP contribution in [-0.4, -0.2) is 0 Å². The highest BCUT2D eigenvalue weighted by atomic mass is 14.6. The van der Waals surface area contributed by atoms with E-state index in [0.717, 1.165) is 35.0 Å². The molecule has 4 saturated carbocycles. The summed E-state index contributed by atoms with van der Waals surface area (Å²) in [6.07, 6.45) is 17.3. The summed E-state index contributed by atoms with van der Waals surface area (Å²) in [6, 6.07) is 0. The third-order valence-electron chi connectivity index (χ3n) is 7.66. The van der Waals surface area contributed by atoms with Gasteiger partial charge in [0.25, 0.3) is 0 Å². The maximum atomic E-state index is 2.63. The molecule has 0 radical (unpaired) electrons. The predicted molar refractivity (Wildman–Crippen MR) is 76.3 cm³/mol. The van der Waals surface area contributed by atoms with E-state index in [1.165, 1.54) is 0 Å². The lowest BCUT2D eigenvalue weighted by Crippen LogP contribution is -2.46. The first kappa shape index (κ1) is 11.8. The van der Waals surface area contributed by atoms with Crippen molar-refractivity contribution in [2.24, 2.45) is 35.0 Å². The molecule has 0 bridgehead atoms. The second-order valence-corrected chi connectivity index (χ2v) is 8.30. The molecule has 0 heterocycles. The lowest BCUT2D eigenvalue weighted by molar-refractivity contribution is -0.0492. The Kier molecular flexibility index (Phi) is 2.79. The number of hydrogen-bond donors (Lipinski definition) is 0. The van der Waals surface area contributed by atoms with E-state index in [0.29, 0.717) is 0 Å². The van der Waals surface area contributed by atoms with Gasteiger partial charge in [0.2, 0.25) is 0 Å². The predicted octanol–water partition coefficient (Wildman–Crippen LogP) is 5.42. The van der Waals surface area contributed by atoms with Gasteiger partial charge in [-0.05, 0) is 80.0 Å². The molecule has 4 aliphatic rings. The maximum Gasteiger partial charge on any atom is -0.0295 e. The van der Waals surface area contributed by atoms with Gasteiger partial charge in [-0.25, -0.2) is 0 Å². The quantitative estimate of drug-likeness (QED) is 0.535. The average molecular weight is 246 g/mol. The minimum Gasteiger partial charge on any atom is -0.0594 e. The Morgan fingerprint density at radius 2 is 1.56 bits per heavy atom. The Balaban J connectivity index is 1.59. The normalized spacial score (nSPS) is 55.5. The largest absolute Gasteiger partial charge is 0.0594 e. The van der Waals surface area contributed by atoms with E-state index < -0.39 is 0 Å². The van der Waals surface area contributed by atoms with Gasteiger partial charge in [-0.2, -0.15) is 0 Å². The monoisotopic (exact) mass is 246 g/mol. The van der Waals surface area contributed by atoms with Crippen molar-refractivity contribution in [1.82, 2.24) is 0 Å². The third-order valence-corrected chi connectivity index (χ3v) is 7.66. The van der Waals surface area contributed by atoms with Gasteiger partial charge in [-0.1, -0.05) is 32.6 Å². The Morgan fingerprint density at radius 3 is 2.50 bits per heavy atom. The molecule has 0 spiro atoms. The van der Waals surface area contributed by atoms with E-state index in [9.17, 15) is 0 Å². The summed E-state index contributed by atoms with van der Waals surface area (Å²) in [5.74, 6) is 5.72. The first-order valence-electron chi connectivity index (χ1n) is 8.78. The lowest BCUT2D eigenvalue weighted by Gasteiger charge is -2.54. The molecule has 0 nitrogen and oxygen atoms in total. The third kappa shape index (κ3) is 1.63. The highest BCUT2D eigenvalue weighted by molar-refractivity contribution is 5.02. The van der Waals surface area contributed by atoms with Crippen LogP contribution >= 0.6 is 0 Å². The Hall–Kier alpha value is 0. The molecule has 0 aromatic rings. The van der Waals surface area contributed by atoms with Crippen molar-refractivity contribution in [3.8, 4) is 0 Å². The van der Waals surface area contributed by atoms with Crippen molar-refractivity contribution in [2.45, 2.75) is 77.6 Å². The molecule has 0 aromatic heterocycles. The summed E-state index contributed by atoms with van der Waals surface area (Å²) >= 11 is 0. The van der Waals surface area contributed by atoms with E-state index in [1.807, 2.05) is 0 Å². The van der Waals surface area contributed by atoms with Crippen LogP contribution in [0.25, 0.3) is 0 Å². The van der Waals surface area contributed by atoms with E-state index in [2.05, 4.69) is 6.92 Å². The van der Waals surface area contributed by atoms with Crippen molar-refractivity contribution in [3.05, 3.63) is 0 Å². The molecular weight excluding hydrogens is 216 g/mol. The molecule has 6 atom stereocenters. The van der Waals surface area contributed by atoms with Gasteiger partial charge in [-0.3, -0.25) is 0 Å². The van der Waals surface area contributed by atoms with Crippen molar-refractivity contribution in [2.75, 3.05) is 0 Å². The van der Waals surface area contributed by atoms with Crippen LogP contribution in [-0.2, 0) is 0 Å². The highest BCUT2D eigenvalue weighted by Gasteiger charge is 2.52. The Labute approximate surface area is 113 Å². The smallest absolute Gasteiger partial charge is 0.0295 e. The summed E-state index contributed by atoms with van der Waals surface area (Å²) in [4.78, 5) is 0. The molecule has 0 N–H and O–H groups in total. The van der Waals surface area contributed by atoms with E-state index in [-0.39, 0.29) is 0 Å². The summed E-state index contributed by atoms with van der Waals surface area (Å²) in [5, 5.41) is 0. The molecule has 0 aromatic carbocycles. The first-order chi connectivity index (χ1) is 8.78. The van der Waals surface area contributed by atoms with Crippen LogP contribution in [0.15, 0.2) is 0 Å². The fourth-order valence-electron chi connectivity index (χ4n) is 6.82. The number of hydrogen-bond acceptors (Lipinski definition) is 0. The molecule has 102 valence electrons. The van der Waals surface area contributed by atoms with Crippen LogP contribution in [0.3, 0.4) is 0 Å². The molecule has 0 amide bonds.